The van der Waals surface area contributed by atoms with Crippen molar-refractivity contribution in [2.75, 3.05) is 20.3 Å². The molecular formula is C24H23NO6S. The molecule has 1 N–H and O–H groups in total. The maximum atomic E-state index is 12.7. The largest absolute Gasteiger partial charge is 0.506 e. The van der Waals surface area contributed by atoms with Crippen LogP contribution < -0.4 is 9.47 Å². The van der Waals surface area contributed by atoms with Crippen molar-refractivity contribution in [3.63, 3.8) is 0 Å². The quantitative estimate of drug-likeness (QED) is 0.602. The van der Waals surface area contributed by atoms with Gasteiger partial charge in [-0.1, -0.05) is 30.0 Å². The van der Waals surface area contributed by atoms with Crippen LogP contribution in [0, 0.1) is 0 Å². The van der Waals surface area contributed by atoms with Crippen LogP contribution >= 0.6 is 11.8 Å². The molecule has 0 saturated carbocycles. The first-order valence-corrected chi connectivity index (χ1v) is 10.8. The number of carbonyl (C=O) groups excluding carboxylic acids is 2. The fraction of sp³-hybridized carbons (Fsp3) is 0.208. The number of aliphatic hydroxyl groups is 1. The predicted octanol–water partition coefficient (Wildman–Crippen LogP) is 4.80. The number of esters is 1. The molecule has 7 nitrogen and oxygen atoms in total. The molecule has 1 aliphatic heterocycles. The van der Waals surface area contributed by atoms with E-state index in [1.165, 1.54) is 7.11 Å². The normalized spacial score (nSPS) is 15.8. The first-order chi connectivity index (χ1) is 15.5. The zero-order chi connectivity index (χ0) is 23.1. The summed E-state index contributed by atoms with van der Waals surface area (Å²) in [5.41, 5.74) is 0.897. The third kappa shape index (κ3) is 5.20. The average molecular weight is 454 g/mol. The van der Waals surface area contributed by atoms with E-state index in [-0.39, 0.29) is 23.0 Å². The van der Waals surface area contributed by atoms with Gasteiger partial charge < -0.3 is 19.3 Å². The Bertz CT molecular complexity index is 1100. The Morgan fingerprint density at radius 1 is 1.06 bits per heavy atom. The summed E-state index contributed by atoms with van der Waals surface area (Å²) in [5.74, 6) is -0.359. The minimum atomic E-state index is -0.750. The number of ether oxygens (including phenoxy) is 3. The van der Waals surface area contributed by atoms with E-state index in [1.807, 2.05) is 31.2 Å². The fourth-order valence-corrected chi connectivity index (χ4v) is 3.91. The summed E-state index contributed by atoms with van der Waals surface area (Å²) in [6, 6.07) is 13.8. The van der Waals surface area contributed by atoms with E-state index in [2.05, 4.69) is 4.99 Å². The van der Waals surface area contributed by atoms with Crippen molar-refractivity contribution < 1.29 is 28.9 Å². The molecule has 1 amide bonds. The second kappa shape index (κ2) is 10.7. The van der Waals surface area contributed by atoms with Crippen LogP contribution in [-0.2, 0) is 9.53 Å². The second-order valence-corrected chi connectivity index (χ2v) is 7.51. The first kappa shape index (κ1) is 23.1. The lowest BCUT2D eigenvalue weighted by molar-refractivity contribution is -0.138. The van der Waals surface area contributed by atoms with Crippen LogP contribution in [0.4, 0.5) is 0 Å². The van der Waals surface area contributed by atoms with Crippen molar-refractivity contribution in [3.05, 3.63) is 75.9 Å². The van der Waals surface area contributed by atoms with Gasteiger partial charge in [0.25, 0.3) is 5.91 Å². The van der Waals surface area contributed by atoms with Gasteiger partial charge in [0.15, 0.2) is 0 Å². The molecule has 0 bridgehead atoms. The highest BCUT2D eigenvalue weighted by Crippen LogP contribution is 2.40. The van der Waals surface area contributed by atoms with Crippen molar-refractivity contribution >= 4 is 34.8 Å². The summed E-state index contributed by atoms with van der Waals surface area (Å²) >= 11 is 1.02. The smallest absolute Gasteiger partial charge is 0.344 e. The highest BCUT2D eigenvalue weighted by atomic mass is 32.2. The third-order valence-electron chi connectivity index (χ3n) is 4.42. The SMILES string of the molecule is CCOC(=O)C1=C(O)C(=Cc2ccccc2OCC)SC1=NC(=O)c1ccc(OC)cc1. The van der Waals surface area contributed by atoms with Crippen LogP contribution in [0.2, 0.25) is 0 Å². The number of methoxy groups -OCH3 is 1. The molecule has 1 aliphatic rings. The lowest BCUT2D eigenvalue weighted by atomic mass is 10.1. The first-order valence-electron chi connectivity index (χ1n) is 9.98. The van der Waals surface area contributed by atoms with Crippen molar-refractivity contribution in [1.29, 1.82) is 0 Å². The summed E-state index contributed by atoms with van der Waals surface area (Å²) in [4.78, 5) is 29.7. The van der Waals surface area contributed by atoms with Crippen LogP contribution in [0.25, 0.3) is 6.08 Å². The molecule has 0 saturated heterocycles. The highest BCUT2D eigenvalue weighted by molar-refractivity contribution is 8.18. The maximum absolute atomic E-state index is 12.7. The number of amides is 1. The Labute approximate surface area is 190 Å². The van der Waals surface area contributed by atoms with E-state index >= 15 is 0 Å². The van der Waals surface area contributed by atoms with Gasteiger partial charge in [0.2, 0.25) is 0 Å². The molecular weight excluding hydrogens is 430 g/mol. The summed E-state index contributed by atoms with van der Waals surface area (Å²) in [6.45, 7) is 4.13. The van der Waals surface area contributed by atoms with Crippen molar-refractivity contribution in [1.82, 2.24) is 0 Å². The lowest BCUT2D eigenvalue weighted by Gasteiger charge is -2.07. The van der Waals surface area contributed by atoms with Gasteiger partial charge in [-0.05, 0) is 50.3 Å². The third-order valence-corrected chi connectivity index (χ3v) is 5.44. The fourth-order valence-electron chi connectivity index (χ4n) is 2.91. The summed E-state index contributed by atoms with van der Waals surface area (Å²) in [6.07, 6.45) is 1.69. The second-order valence-electron chi connectivity index (χ2n) is 6.48. The number of aliphatic hydroxyl groups excluding tert-OH is 1. The Kier molecular flexibility index (Phi) is 7.72. The van der Waals surface area contributed by atoms with Crippen LogP contribution in [0.1, 0.15) is 29.8 Å². The number of hydrogen-bond acceptors (Lipinski definition) is 7. The zero-order valence-electron chi connectivity index (χ0n) is 18.0. The molecule has 0 radical (unpaired) electrons. The van der Waals surface area contributed by atoms with Gasteiger partial charge in [0.1, 0.15) is 27.9 Å². The van der Waals surface area contributed by atoms with Gasteiger partial charge in [-0.15, -0.1) is 0 Å². The monoisotopic (exact) mass is 453 g/mol. The van der Waals surface area contributed by atoms with Crippen LogP contribution in [-0.4, -0.2) is 42.4 Å². The standard InChI is InChI=1S/C24H23NO6S/c1-4-30-18-9-7-6-8-16(18)14-19-21(26)20(24(28)31-5-2)23(32-19)25-22(27)15-10-12-17(29-3)13-11-15/h6-14,26H,4-5H2,1-3H3. The van der Waals surface area contributed by atoms with E-state index in [0.29, 0.717) is 34.1 Å². The number of benzene rings is 2. The molecule has 0 aromatic heterocycles. The molecule has 0 unspecified atom stereocenters. The molecule has 0 fully saturated rings. The molecule has 2 aromatic carbocycles. The number of para-hydroxylation sites is 1. The molecule has 1 heterocycles. The molecule has 2 aromatic rings. The molecule has 0 atom stereocenters. The van der Waals surface area contributed by atoms with Crippen LogP contribution in [0.15, 0.2) is 69.8 Å². The molecule has 3 rings (SSSR count). The number of aliphatic imine (C=N–C) groups is 1. The van der Waals surface area contributed by atoms with Crippen molar-refractivity contribution in [2.45, 2.75) is 13.8 Å². The number of rotatable bonds is 7. The predicted molar refractivity (Wildman–Crippen MR) is 124 cm³/mol. The van der Waals surface area contributed by atoms with Crippen LogP contribution in [0.3, 0.4) is 0 Å². The summed E-state index contributed by atoms with van der Waals surface area (Å²) < 4.78 is 15.8. The van der Waals surface area contributed by atoms with E-state index in [1.54, 1.807) is 37.3 Å². The van der Waals surface area contributed by atoms with Gasteiger partial charge in [0.05, 0.1) is 25.2 Å². The van der Waals surface area contributed by atoms with Crippen molar-refractivity contribution in [2.24, 2.45) is 4.99 Å². The maximum Gasteiger partial charge on any atom is 0.344 e. The molecule has 8 heteroatoms. The minimum Gasteiger partial charge on any atom is -0.506 e. The van der Waals surface area contributed by atoms with Gasteiger partial charge in [-0.25, -0.2) is 9.79 Å². The van der Waals surface area contributed by atoms with E-state index in [0.717, 1.165) is 11.8 Å². The molecule has 0 aliphatic carbocycles. The summed E-state index contributed by atoms with van der Waals surface area (Å²) in [7, 11) is 1.53. The molecule has 0 spiro atoms. The highest BCUT2D eigenvalue weighted by Gasteiger charge is 2.34. The Morgan fingerprint density at radius 3 is 2.44 bits per heavy atom. The summed E-state index contributed by atoms with van der Waals surface area (Å²) in [5, 5.41) is 10.9. The Morgan fingerprint density at radius 2 is 1.78 bits per heavy atom. The van der Waals surface area contributed by atoms with Crippen LogP contribution in [0.5, 0.6) is 11.5 Å². The van der Waals surface area contributed by atoms with E-state index in [9.17, 15) is 14.7 Å². The van der Waals surface area contributed by atoms with E-state index in [4.69, 9.17) is 14.2 Å². The number of thioether (sulfide) groups is 1. The topological polar surface area (TPSA) is 94.4 Å². The number of nitrogens with zero attached hydrogens (tertiary/aromatic N) is 1. The van der Waals surface area contributed by atoms with Gasteiger partial charge >= 0.3 is 5.97 Å². The van der Waals surface area contributed by atoms with Gasteiger partial charge in [0, 0.05) is 11.1 Å². The zero-order valence-corrected chi connectivity index (χ0v) is 18.8. The number of hydrogen-bond donors (Lipinski definition) is 1. The minimum absolute atomic E-state index is 0.0712. The average Bonchev–Trinajstić information content (AvgIpc) is 3.10. The molecule has 166 valence electrons. The van der Waals surface area contributed by atoms with Gasteiger partial charge in [-0.2, -0.15) is 0 Å². The lowest BCUT2D eigenvalue weighted by Crippen LogP contribution is -2.14. The van der Waals surface area contributed by atoms with Gasteiger partial charge in [-0.3, -0.25) is 4.79 Å². The Balaban J connectivity index is 2.00. The number of carbonyl (C=O) groups is 2. The van der Waals surface area contributed by atoms with Crippen molar-refractivity contribution in [3.8, 4) is 11.5 Å². The molecule has 32 heavy (non-hydrogen) atoms. The Hall–Kier alpha value is -3.52. The van der Waals surface area contributed by atoms with E-state index < -0.39 is 11.9 Å².